The first-order valence-electron chi connectivity index (χ1n) is 4.16. The number of halogens is 2. The van der Waals surface area contributed by atoms with Crippen LogP contribution in [0.3, 0.4) is 0 Å². The average Bonchev–Trinajstić information content (AvgIpc) is 2.67. The summed E-state index contributed by atoms with van der Waals surface area (Å²) >= 11 is 11.7. The summed E-state index contributed by atoms with van der Waals surface area (Å²) in [6.07, 6.45) is 0. The van der Waals surface area contributed by atoms with Crippen molar-refractivity contribution in [1.29, 1.82) is 0 Å². The van der Waals surface area contributed by atoms with E-state index in [2.05, 4.69) is 10.2 Å². The number of aromatic amines is 1. The molecule has 0 saturated carbocycles. The van der Waals surface area contributed by atoms with Gasteiger partial charge in [0, 0.05) is 5.56 Å². The fourth-order valence-electron chi connectivity index (χ4n) is 1.24. The Bertz CT molecular complexity index is 437. The molecule has 0 atom stereocenters. The van der Waals surface area contributed by atoms with Crippen LogP contribution in [-0.4, -0.2) is 10.2 Å². The molecule has 0 spiro atoms. The highest BCUT2D eigenvalue weighted by Gasteiger charge is 2.06. The number of aromatic nitrogens is 2. The van der Waals surface area contributed by atoms with E-state index in [1.54, 1.807) is 0 Å². The molecule has 0 bridgehead atoms. The smallest absolute Gasteiger partial charge is 0.0938 e. The number of alkyl halides is 1. The zero-order chi connectivity index (χ0) is 9.97. The average molecular weight is 227 g/mol. The molecule has 72 valence electrons. The lowest BCUT2D eigenvalue weighted by Crippen LogP contribution is -1.78. The summed E-state index contributed by atoms with van der Waals surface area (Å²) in [5.41, 5.74) is 2.63. The van der Waals surface area contributed by atoms with Crippen LogP contribution in [0.4, 0.5) is 0 Å². The SMILES string of the molecule is ClCc1cc(-c2ccccc2Cl)n[nH]1. The zero-order valence-corrected chi connectivity index (χ0v) is 8.81. The third-order valence-corrected chi connectivity index (χ3v) is 2.54. The summed E-state index contributed by atoms with van der Waals surface area (Å²) in [6, 6.07) is 9.48. The molecule has 2 rings (SSSR count). The van der Waals surface area contributed by atoms with Gasteiger partial charge in [0.15, 0.2) is 0 Å². The number of nitrogens with zero attached hydrogens (tertiary/aromatic N) is 1. The van der Waals surface area contributed by atoms with Crippen molar-refractivity contribution in [3.8, 4) is 11.3 Å². The largest absolute Gasteiger partial charge is 0.281 e. The number of hydrogen-bond donors (Lipinski definition) is 1. The zero-order valence-electron chi connectivity index (χ0n) is 7.30. The lowest BCUT2D eigenvalue weighted by molar-refractivity contribution is 1.04. The molecular weight excluding hydrogens is 219 g/mol. The normalized spacial score (nSPS) is 10.4. The Labute approximate surface area is 91.9 Å². The Hall–Kier alpha value is -0.990. The van der Waals surface area contributed by atoms with Gasteiger partial charge in [-0.1, -0.05) is 29.8 Å². The van der Waals surface area contributed by atoms with Gasteiger partial charge in [0.2, 0.25) is 0 Å². The van der Waals surface area contributed by atoms with Crippen LogP contribution in [-0.2, 0) is 5.88 Å². The van der Waals surface area contributed by atoms with Crippen LogP contribution in [0.15, 0.2) is 30.3 Å². The Morgan fingerprint density at radius 2 is 2.07 bits per heavy atom. The minimum absolute atomic E-state index is 0.428. The van der Waals surface area contributed by atoms with Crippen molar-refractivity contribution in [1.82, 2.24) is 10.2 Å². The highest BCUT2D eigenvalue weighted by molar-refractivity contribution is 6.33. The minimum Gasteiger partial charge on any atom is -0.281 e. The Morgan fingerprint density at radius 3 is 2.71 bits per heavy atom. The number of H-pyrrole nitrogens is 1. The molecule has 1 aromatic heterocycles. The van der Waals surface area contributed by atoms with Gasteiger partial charge in [-0.3, -0.25) is 5.10 Å². The molecule has 1 N–H and O–H groups in total. The van der Waals surface area contributed by atoms with E-state index in [0.717, 1.165) is 17.0 Å². The van der Waals surface area contributed by atoms with Gasteiger partial charge in [-0.05, 0) is 12.1 Å². The maximum Gasteiger partial charge on any atom is 0.0938 e. The van der Waals surface area contributed by atoms with Crippen LogP contribution in [0.25, 0.3) is 11.3 Å². The van der Waals surface area contributed by atoms with Crippen molar-refractivity contribution in [2.45, 2.75) is 5.88 Å². The van der Waals surface area contributed by atoms with Crippen LogP contribution in [0.2, 0.25) is 5.02 Å². The van der Waals surface area contributed by atoms with Crippen LogP contribution in [0, 0.1) is 0 Å². The second-order valence-electron chi connectivity index (χ2n) is 2.89. The standard InChI is InChI=1S/C10H8Cl2N2/c11-6-7-5-10(14-13-7)8-3-1-2-4-9(8)12/h1-5H,6H2,(H,13,14). The third kappa shape index (κ3) is 1.76. The Kier molecular flexibility index (Phi) is 2.75. The molecular formula is C10H8Cl2N2. The van der Waals surface area contributed by atoms with Gasteiger partial charge in [-0.15, -0.1) is 11.6 Å². The van der Waals surface area contributed by atoms with E-state index in [1.165, 1.54) is 0 Å². The molecule has 0 saturated heterocycles. The van der Waals surface area contributed by atoms with E-state index < -0.39 is 0 Å². The molecule has 0 aliphatic rings. The second-order valence-corrected chi connectivity index (χ2v) is 3.57. The molecule has 0 fully saturated rings. The van der Waals surface area contributed by atoms with Gasteiger partial charge in [0.1, 0.15) is 0 Å². The van der Waals surface area contributed by atoms with Gasteiger partial charge >= 0.3 is 0 Å². The summed E-state index contributed by atoms with van der Waals surface area (Å²) in [6.45, 7) is 0. The molecule has 0 amide bonds. The number of nitrogens with one attached hydrogen (secondary N) is 1. The van der Waals surface area contributed by atoms with Crippen molar-refractivity contribution in [2.24, 2.45) is 0 Å². The summed E-state index contributed by atoms with van der Waals surface area (Å²) < 4.78 is 0. The molecule has 1 heterocycles. The summed E-state index contributed by atoms with van der Waals surface area (Å²) in [5.74, 6) is 0.428. The van der Waals surface area contributed by atoms with Crippen molar-refractivity contribution >= 4 is 23.2 Å². The van der Waals surface area contributed by atoms with E-state index in [1.807, 2.05) is 30.3 Å². The molecule has 14 heavy (non-hydrogen) atoms. The first-order valence-corrected chi connectivity index (χ1v) is 5.07. The molecule has 4 heteroatoms. The van der Waals surface area contributed by atoms with Gasteiger partial charge in [0.05, 0.1) is 22.3 Å². The fourth-order valence-corrected chi connectivity index (χ4v) is 1.61. The maximum absolute atomic E-state index is 6.02. The van der Waals surface area contributed by atoms with Crippen LogP contribution in [0.1, 0.15) is 5.69 Å². The minimum atomic E-state index is 0.428. The van der Waals surface area contributed by atoms with Crippen LogP contribution >= 0.6 is 23.2 Å². The molecule has 2 aromatic rings. The van der Waals surface area contributed by atoms with Crippen molar-refractivity contribution in [2.75, 3.05) is 0 Å². The lowest BCUT2D eigenvalue weighted by atomic mass is 10.1. The summed E-state index contributed by atoms with van der Waals surface area (Å²) in [4.78, 5) is 0. The quantitative estimate of drug-likeness (QED) is 0.781. The van der Waals surface area contributed by atoms with Crippen LogP contribution in [0.5, 0.6) is 0 Å². The molecule has 0 aliphatic heterocycles. The first-order chi connectivity index (χ1) is 6.81. The first kappa shape index (κ1) is 9.56. The monoisotopic (exact) mass is 226 g/mol. The van der Waals surface area contributed by atoms with Gasteiger partial charge in [0.25, 0.3) is 0 Å². The van der Waals surface area contributed by atoms with E-state index in [-0.39, 0.29) is 0 Å². The van der Waals surface area contributed by atoms with E-state index in [0.29, 0.717) is 10.9 Å². The third-order valence-electron chi connectivity index (χ3n) is 1.92. The summed E-state index contributed by atoms with van der Waals surface area (Å²) in [5, 5.41) is 7.66. The topological polar surface area (TPSA) is 28.7 Å². The van der Waals surface area contributed by atoms with Gasteiger partial charge in [-0.25, -0.2) is 0 Å². The van der Waals surface area contributed by atoms with Crippen molar-refractivity contribution < 1.29 is 0 Å². The number of rotatable bonds is 2. The van der Waals surface area contributed by atoms with E-state index in [4.69, 9.17) is 23.2 Å². The molecule has 2 nitrogen and oxygen atoms in total. The maximum atomic E-state index is 6.02. The fraction of sp³-hybridized carbons (Fsp3) is 0.100. The molecule has 0 aliphatic carbocycles. The molecule has 1 aromatic carbocycles. The lowest BCUT2D eigenvalue weighted by Gasteiger charge is -1.97. The van der Waals surface area contributed by atoms with Gasteiger partial charge < -0.3 is 0 Å². The highest BCUT2D eigenvalue weighted by Crippen LogP contribution is 2.26. The van der Waals surface area contributed by atoms with Gasteiger partial charge in [-0.2, -0.15) is 5.10 Å². The predicted molar refractivity (Wildman–Crippen MR) is 58.6 cm³/mol. The Morgan fingerprint density at radius 1 is 1.29 bits per heavy atom. The Balaban J connectivity index is 2.44. The van der Waals surface area contributed by atoms with E-state index in [9.17, 15) is 0 Å². The van der Waals surface area contributed by atoms with Crippen molar-refractivity contribution in [3.63, 3.8) is 0 Å². The highest BCUT2D eigenvalue weighted by atomic mass is 35.5. The van der Waals surface area contributed by atoms with E-state index >= 15 is 0 Å². The van der Waals surface area contributed by atoms with Crippen LogP contribution < -0.4 is 0 Å². The van der Waals surface area contributed by atoms with Crippen molar-refractivity contribution in [3.05, 3.63) is 41.0 Å². The second kappa shape index (κ2) is 4.03. The predicted octanol–water partition coefficient (Wildman–Crippen LogP) is 3.47. The summed E-state index contributed by atoms with van der Waals surface area (Å²) in [7, 11) is 0. The number of hydrogen-bond acceptors (Lipinski definition) is 1. The molecule has 0 unspecified atom stereocenters. The number of benzene rings is 1. The molecule has 0 radical (unpaired) electrons.